The summed E-state index contributed by atoms with van der Waals surface area (Å²) in [4.78, 5) is 9.93. The molecule has 2 aliphatic heterocycles. The van der Waals surface area contributed by atoms with E-state index < -0.39 is 0 Å². The Morgan fingerprint density at radius 3 is 1.64 bits per heavy atom. The van der Waals surface area contributed by atoms with Gasteiger partial charge in [-0.3, -0.25) is 0 Å². The van der Waals surface area contributed by atoms with Gasteiger partial charge in [0.05, 0.1) is 12.1 Å². The van der Waals surface area contributed by atoms with Gasteiger partial charge in [-0.25, -0.2) is 9.98 Å². The van der Waals surface area contributed by atoms with Gasteiger partial charge in [0.2, 0.25) is 11.8 Å². The molecule has 1 aliphatic carbocycles. The predicted molar refractivity (Wildman–Crippen MR) is 112 cm³/mol. The third-order valence-electron chi connectivity index (χ3n) is 5.58. The summed E-state index contributed by atoms with van der Waals surface area (Å²) in [6.45, 7) is 1.05. The van der Waals surface area contributed by atoms with Crippen LogP contribution >= 0.6 is 23.2 Å². The number of aliphatic imine (C=N–C) groups is 2. The van der Waals surface area contributed by atoms with Crippen LogP contribution in [0.2, 0.25) is 10.0 Å². The van der Waals surface area contributed by atoms with E-state index in [0.717, 1.165) is 58.0 Å². The Hall–Kier alpha value is -2.04. The topological polar surface area (TPSA) is 43.2 Å². The van der Waals surface area contributed by atoms with Crippen LogP contribution in [0.4, 0.5) is 0 Å². The van der Waals surface area contributed by atoms with Crippen LogP contribution < -0.4 is 0 Å². The summed E-state index contributed by atoms with van der Waals surface area (Å²) in [7, 11) is 0. The lowest BCUT2D eigenvalue weighted by molar-refractivity contribution is 0.295. The van der Waals surface area contributed by atoms with Crippen LogP contribution in [0.25, 0.3) is 0 Å². The molecule has 144 valence electrons. The highest BCUT2D eigenvalue weighted by molar-refractivity contribution is 6.31. The Kier molecular flexibility index (Phi) is 4.77. The van der Waals surface area contributed by atoms with Crippen molar-refractivity contribution in [3.63, 3.8) is 0 Å². The molecule has 2 atom stereocenters. The van der Waals surface area contributed by atoms with E-state index in [-0.39, 0.29) is 12.1 Å². The number of hydrogen-bond donors (Lipinski definition) is 0. The highest BCUT2D eigenvalue weighted by Gasteiger charge is 2.30. The third kappa shape index (κ3) is 3.40. The molecule has 0 saturated heterocycles. The highest BCUT2D eigenvalue weighted by Crippen LogP contribution is 2.30. The maximum Gasteiger partial charge on any atom is 0.217 e. The van der Waals surface area contributed by atoms with E-state index in [9.17, 15) is 0 Å². The average molecular weight is 415 g/mol. The van der Waals surface area contributed by atoms with Gasteiger partial charge in [0.25, 0.3) is 0 Å². The Morgan fingerprint density at radius 1 is 0.714 bits per heavy atom. The van der Waals surface area contributed by atoms with Crippen LogP contribution in [-0.2, 0) is 22.7 Å². The minimum Gasteiger partial charge on any atom is -0.473 e. The first kappa shape index (κ1) is 18.0. The van der Waals surface area contributed by atoms with Gasteiger partial charge >= 0.3 is 0 Å². The molecular weight excluding hydrogens is 395 g/mol. The molecule has 28 heavy (non-hydrogen) atoms. The van der Waals surface area contributed by atoms with Crippen LogP contribution in [-0.4, -0.2) is 23.9 Å². The fourth-order valence-electron chi connectivity index (χ4n) is 4.14. The Labute approximate surface area is 174 Å². The number of nitrogens with zero attached hydrogens (tertiary/aromatic N) is 2. The fourth-order valence-corrected chi connectivity index (χ4v) is 4.53. The first-order chi connectivity index (χ1) is 13.7. The summed E-state index contributed by atoms with van der Waals surface area (Å²) in [5, 5.41) is 1.45. The van der Waals surface area contributed by atoms with Gasteiger partial charge in [-0.1, -0.05) is 36.0 Å². The molecule has 1 fully saturated rings. The van der Waals surface area contributed by atoms with Gasteiger partial charge in [-0.2, -0.15) is 0 Å². The van der Waals surface area contributed by atoms with Crippen LogP contribution in [0, 0.1) is 0 Å². The van der Waals surface area contributed by atoms with Crippen molar-refractivity contribution in [1.82, 2.24) is 0 Å². The van der Waals surface area contributed by atoms with E-state index in [1.165, 1.54) is 0 Å². The Bertz CT molecular complexity index is 907. The molecular formula is C22H20Cl2N2O2. The van der Waals surface area contributed by atoms with Crippen molar-refractivity contribution in [2.45, 2.75) is 51.0 Å². The number of hydrogen-bond acceptors (Lipinski definition) is 4. The predicted octanol–water partition coefficient (Wildman–Crippen LogP) is 5.56. The highest BCUT2D eigenvalue weighted by atomic mass is 35.5. The van der Waals surface area contributed by atoms with Crippen molar-refractivity contribution in [3.8, 4) is 0 Å². The van der Waals surface area contributed by atoms with Crippen LogP contribution in [0.3, 0.4) is 0 Å². The average Bonchev–Trinajstić information content (AvgIpc) is 3.27. The molecule has 2 aromatic carbocycles. The Balaban J connectivity index is 1.43. The van der Waals surface area contributed by atoms with E-state index in [1.54, 1.807) is 0 Å². The summed E-state index contributed by atoms with van der Waals surface area (Å²) in [5.74, 6) is 1.42. The van der Waals surface area contributed by atoms with Crippen molar-refractivity contribution in [2.24, 2.45) is 9.98 Å². The van der Waals surface area contributed by atoms with Gasteiger partial charge in [0.1, 0.15) is 13.2 Å². The van der Waals surface area contributed by atoms with E-state index in [0.29, 0.717) is 25.0 Å². The Morgan fingerprint density at radius 2 is 1.18 bits per heavy atom. The van der Waals surface area contributed by atoms with Gasteiger partial charge in [0.15, 0.2) is 0 Å². The van der Waals surface area contributed by atoms with Crippen LogP contribution in [0.1, 0.15) is 47.9 Å². The first-order valence-electron chi connectivity index (χ1n) is 9.66. The second-order valence-electron chi connectivity index (χ2n) is 7.47. The standard InChI is InChI=1S/C22H20Cl2N2O2/c23-15-5-7-17-13(9-15)11-27-21(17)25-19-3-1-2-4-20(19)26-22-18-8-6-16(24)10-14(18)12-28-22/h5-10,19-20H,1-4,11-12H2/b25-21-,26-22-/t19-,20-/m1/s1. The molecule has 0 radical (unpaired) electrons. The fraction of sp³-hybridized carbons (Fsp3) is 0.364. The summed E-state index contributed by atoms with van der Waals surface area (Å²) >= 11 is 12.2. The maximum absolute atomic E-state index is 6.10. The number of rotatable bonds is 2. The molecule has 0 N–H and O–H groups in total. The van der Waals surface area contributed by atoms with Gasteiger partial charge in [-0.15, -0.1) is 0 Å². The number of benzene rings is 2. The molecule has 6 heteroatoms. The van der Waals surface area contributed by atoms with Gasteiger partial charge in [0, 0.05) is 32.3 Å². The molecule has 0 spiro atoms. The lowest BCUT2D eigenvalue weighted by Crippen LogP contribution is -2.29. The smallest absolute Gasteiger partial charge is 0.217 e. The summed E-state index contributed by atoms with van der Waals surface area (Å²) < 4.78 is 11.7. The zero-order valence-corrected chi connectivity index (χ0v) is 16.8. The molecule has 0 bridgehead atoms. The van der Waals surface area contributed by atoms with Crippen molar-refractivity contribution < 1.29 is 9.47 Å². The van der Waals surface area contributed by atoms with Gasteiger partial charge < -0.3 is 9.47 Å². The molecule has 0 unspecified atom stereocenters. The van der Waals surface area contributed by atoms with E-state index in [4.69, 9.17) is 42.7 Å². The molecule has 0 amide bonds. The summed E-state index contributed by atoms with van der Waals surface area (Å²) in [6.07, 6.45) is 4.32. The van der Waals surface area contributed by atoms with E-state index in [2.05, 4.69) is 0 Å². The van der Waals surface area contributed by atoms with Crippen molar-refractivity contribution in [1.29, 1.82) is 0 Å². The first-order valence-corrected chi connectivity index (χ1v) is 10.4. The molecule has 5 rings (SSSR count). The SMILES string of the molecule is Clc1ccc2c(c1)CO/C2=N\[C@@H]1CCCC[C@H]1/N=C1\OCc2cc(Cl)ccc21. The number of ether oxygens (including phenoxy) is 2. The summed E-state index contributed by atoms with van der Waals surface area (Å²) in [5.41, 5.74) is 4.27. The van der Waals surface area contributed by atoms with Crippen LogP contribution in [0.15, 0.2) is 46.4 Å². The quantitative estimate of drug-likeness (QED) is 0.645. The second-order valence-corrected chi connectivity index (χ2v) is 8.34. The minimum absolute atomic E-state index is 0.0952. The molecule has 2 heterocycles. The number of fused-ring (bicyclic) bond motifs is 2. The zero-order valence-electron chi connectivity index (χ0n) is 15.3. The largest absolute Gasteiger partial charge is 0.473 e. The normalized spacial score (nSPS) is 26.1. The number of halogens is 2. The summed E-state index contributed by atoms with van der Waals surface area (Å²) in [6, 6.07) is 11.9. The van der Waals surface area contributed by atoms with Gasteiger partial charge in [-0.05, 0) is 49.2 Å². The second kappa shape index (κ2) is 7.41. The lowest BCUT2D eigenvalue weighted by atomic mass is 9.91. The molecule has 2 aromatic rings. The van der Waals surface area contributed by atoms with Crippen LogP contribution in [0.5, 0.6) is 0 Å². The maximum atomic E-state index is 6.10. The zero-order chi connectivity index (χ0) is 19.1. The van der Waals surface area contributed by atoms with E-state index >= 15 is 0 Å². The monoisotopic (exact) mass is 414 g/mol. The van der Waals surface area contributed by atoms with Crippen molar-refractivity contribution in [3.05, 3.63) is 68.7 Å². The lowest BCUT2D eigenvalue weighted by Gasteiger charge is -2.26. The minimum atomic E-state index is 0.0952. The van der Waals surface area contributed by atoms with E-state index in [1.807, 2.05) is 36.4 Å². The molecule has 0 aromatic heterocycles. The molecule has 3 aliphatic rings. The third-order valence-corrected chi connectivity index (χ3v) is 6.05. The molecule has 4 nitrogen and oxygen atoms in total. The van der Waals surface area contributed by atoms with Crippen molar-refractivity contribution >= 4 is 35.0 Å². The van der Waals surface area contributed by atoms with Crippen molar-refractivity contribution in [2.75, 3.05) is 0 Å². The molecule has 1 saturated carbocycles.